The maximum absolute atomic E-state index is 12.5. The van der Waals surface area contributed by atoms with Gasteiger partial charge in [0.15, 0.2) is 11.5 Å². The van der Waals surface area contributed by atoms with Crippen molar-refractivity contribution >= 4 is 32.8 Å². The first-order chi connectivity index (χ1) is 11.7. The van der Waals surface area contributed by atoms with Crippen LogP contribution in [0.5, 0.6) is 17.2 Å². The highest BCUT2D eigenvalue weighted by Crippen LogP contribution is 2.37. The van der Waals surface area contributed by atoms with Gasteiger partial charge in [0.2, 0.25) is 0 Å². The number of benzene rings is 2. The minimum absolute atomic E-state index is 0.402. The normalized spacial score (nSPS) is 11.3. The highest BCUT2D eigenvalue weighted by atomic mass is 16.5. The quantitative estimate of drug-likeness (QED) is 0.584. The molecule has 6 nitrogen and oxygen atoms in total. The Kier molecular flexibility index (Phi) is 3.13. The van der Waals surface area contributed by atoms with Crippen molar-refractivity contribution in [2.45, 2.75) is 0 Å². The molecule has 0 atom stereocenters. The van der Waals surface area contributed by atoms with Crippen LogP contribution in [-0.2, 0) is 0 Å². The lowest BCUT2D eigenvalue weighted by atomic mass is 10.1. The molecule has 0 unspecified atom stereocenters. The molecular formula is C18H15NO5. The molecule has 0 aliphatic carbocycles. The molecule has 24 heavy (non-hydrogen) atoms. The van der Waals surface area contributed by atoms with Gasteiger partial charge in [-0.15, -0.1) is 0 Å². The largest absolute Gasteiger partial charge is 0.497 e. The van der Waals surface area contributed by atoms with Crippen LogP contribution in [0.2, 0.25) is 0 Å². The Labute approximate surface area is 136 Å². The fourth-order valence-corrected chi connectivity index (χ4v) is 3.01. The zero-order valence-corrected chi connectivity index (χ0v) is 13.4. The van der Waals surface area contributed by atoms with Gasteiger partial charge in [0, 0.05) is 16.8 Å². The molecule has 2 heterocycles. The number of hydrogen-bond acceptors (Lipinski definition) is 5. The SMILES string of the molecule is COc1ccc2oc(=O)c3c4cc(OC)c(OC)cc4[nH]c3c2c1. The number of rotatable bonds is 3. The van der Waals surface area contributed by atoms with E-state index in [-0.39, 0.29) is 0 Å². The number of nitrogens with one attached hydrogen (secondary N) is 1. The number of aromatic amines is 1. The molecule has 0 amide bonds. The Morgan fingerprint density at radius 3 is 2.38 bits per heavy atom. The number of hydrogen-bond donors (Lipinski definition) is 1. The Balaban J connectivity index is 2.20. The van der Waals surface area contributed by atoms with E-state index in [4.69, 9.17) is 18.6 Å². The van der Waals surface area contributed by atoms with Crippen LogP contribution in [0.4, 0.5) is 0 Å². The van der Waals surface area contributed by atoms with Crippen molar-refractivity contribution in [2.24, 2.45) is 0 Å². The molecule has 0 fully saturated rings. The smallest absolute Gasteiger partial charge is 0.346 e. The average Bonchev–Trinajstić information content (AvgIpc) is 2.99. The van der Waals surface area contributed by atoms with Crippen molar-refractivity contribution in [3.05, 3.63) is 40.8 Å². The molecule has 0 radical (unpaired) electrons. The van der Waals surface area contributed by atoms with E-state index in [0.717, 1.165) is 16.3 Å². The molecule has 0 bridgehead atoms. The summed E-state index contributed by atoms with van der Waals surface area (Å²) in [5, 5.41) is 1.98. The van der Waals surface area contributed by atoms with E-state index in [1.54, 1.807) is 45.6 Å². The third-order valence-electron chi connectivity index (χ3n) is 4.17. The molecule has 1 N–H and O–H groups in total. The fourth-order valence-electron chi connectivity index (χ4n) is 3.01. The van der Waals surface area contributed by atoms with E-state index in [0.29, 0.717) is 33.7 Å². The lowest BCUT2D eigenvalue weighted by Gasteiger charge is -2.06. The van der Waals surface area contributed by atoms with Crippen molar-refractivity contribution in [3.63, 3.8) is 0 Å². The van der Waals surface area contributed by atoms with Crippen molar-refractivity contribution in [3.8, 4) is 17.2 Å². The van der Waals surface area contributed by atoms with Gasteiger partial charge in [-0.3, -0.25) is 0 Å². The molecule has 4 aromatic rings. The molecule has 122 valence electrons. The van der Waals surface area contributed by atoms with E-state index in [9.17, 15) is 4.79 Å². The first kappa shape index (κ1) is 14.4. The van der Waals surface area contributed by atoms with E-state index < -0.39 is 5.63 Å². The summed E-state index contributed by atoms with van der Waals surface area (Å²) in [5.41, 5.74) is 1.57. The van der Waals surface area contributed by atoms with Crippen LogP contribution in [-0.4, -0.2) is 26.3 Å². The summed E-state index contributed by atoms with van der Waals surface area (Å²) in [5.74, 6) is 1.82. The first-order valence-corrected chi connectivity index (χ1v) is 7.34. The Morgan fingerprint density at radius 1 is 0.917 bits per heavy atom. The molecule has 0 aliphatic heterocycles. The standard InChI is InChI=1S/C18H15NO5/c1-21-9-4-5-13-11(6-9)17-16(18(20)24-13)10-7-14(22-2)15(23-3)8-12(10)19-17/h4-8,19H,1-3H3. The van der Waals surface area contributed by atoms with Gasteiger partial charge in [0.25, 0.3) is 0 Å². The van der Waals surface area contributed by atoms with Gasteiger partial charge in [-0.1, -0.05) is 0 Å². The van der Waals surface area contributed by atoms with Gasteiger partial charge in [-0.25, -0.2) is 4.79 Å². The number of ether oxygens (including phenoxy) is 3. The van der Waals surface area contributed by atoms with Gasteiger partial charge >= 0.3 is 5.63 Å². The topological polar surface area (TPSA) is 73.7 Å². The third kappa shape index (κ3) is 1.93. The molecule has 6 heteroatoms. The minimum atomic E-state index is -0.402. The summed E-state index contributed by atoms with van der Waals surface area (Å²) in [6, 6.07) is 8.90. The average molecular weight is 325 g/mol. The van der Waals surface area contributed by atoms with E-state index in [1.807, 2.05) is 6.07 Å². The zero-order chi connectivity index (χ0) is 16.8. The molecule has 2 aromatic heterocycles. The Hall–Kier alpha value is -3.15. The maximum atomic E-state index is 12.5. The van der Waals surface area contributed by atoms with E-state index >= 15 is 0 Å². The van der Waals surface area contributed by atoms with Gasteiger partial charge in [0.05, 0.1) is 37.7 Å². The van der Waals surface area contributed by atoms with Crippen LogP contribution in [0, 0.1) is 0 Å². The van der Waals surface area contributed by atoms with Crippen molar-refractivity contribution in [1.29, 1.82) is 0 Å². The fraction of sp³-hybridized carbons (Fsp3) is 0.167. The van der Waals surface area contributed by atoms with Crippen LogP contribution in [0.3, 0.4) is 0 Å². The van der Waals surface area contributed by atoms with Crippen LogP contribution in [0.25, 0.3) is 32.8 Å². The van der Waals surface area contributed by atoms with Gasteiger partial charge in [-0.05, 0) is 24.3 Å². The summed E-state index contributed by atoms with van der Waals surface area (Å²) >= 11 is 0. The van der Waals surface area contributed by atoms with Crippen LogP contribution >= 0.6 is 0 Å². The molecule has 4 rings (SSSR count). The summed E-state index contributed by atoms with van der Waals surface area (Å²) in [6.07, 6.45) is 0. The van der Waals surface area contributed by atoms with Crippen molar-refractivity contribution in [2.75, 3.05) is 21.3 Å². The van der Waals surface area contributed by atoms with Crippen molar-refractivity contribution in [1.82, 2.24) is 4.98 Å². The molecule has 0 spiro atoms. The highest BCUT2D eigenvalue weighted by Gasteiger charge is 2.17. The van der Waals surface area contributed by atoms with E-state index in [1.165, 1.54) is 0 Å². The predicted octanol–water partition coefficient (Wildman–Crippen LogP) is 3.45. The van der Waals surface area contributed by atoms with Crippen LogP contribution in [0.1, 0.15) is 0 Å². The summed E-state index contributed by atoms with van der Waals surface area (Å²) in [4.78, 5) is 15.8. The molecule has 0 aliphatic rings. The second-order valence-corrected chi connectivity index (χ2v) is 5.38. The first-order valence-electron chi connectivity index (χ1n) is 7.34. The number of fused-ring (bicyclic) bond motifs is 5. The zero-order valence-electron chi connectivity index (χ0n) is 13.4. The number of H-pyrrole nitrogens is 1. The van der Waals surface area contributed by atoms with Gasteiger partial charge in [-0.2, -0.15) is 0 Å². The van der Waals surface area contributed by atoms with Gasteiger partial charge in [0.1, 0.15) is 11.3 Å². The minimum Gasteiger partial charge on any atom is -0.497 e. The molecule has 2 aromatic carbocycles. The second kappa shape index (κ2) is 5.19. The predicted molar refractivity (Wildman–Crippen MR) is 91.5 cm³/mol. The monoisotopic (exact) mass is 325 g/mol. The molecule has 0 saturated heterocycles. The summed E-state index contributed by atoms with van der Waals surface area (Å²) in [6.45, 7) is 0. The lowest BCUT2D eigenvalue weighted by molar-refractivity contribution is 0.356. The van der Waals surface area contributed by atoms with Crippen molar-refractivity contribution < 1.29 is 18.6 Å². The highest BCUT2D eigenvalue weighted by molar-refractivity contribution is 6.15. The number of methoxy groups -OCH3 is 3. The third-order valence-corrected chi connectivity index (χ3v) is 4.17. The summed E-state index contributed by atoms with van der Waals surface area (Å²) in [7, 11) is 4.72. The second-order valence-electron chi connectivity index (χ2n) is 5.38. The van der Waals surface area contributed by atoms with Crippen LogP contribution < -0.4 is 19.8 Å². The lowest BCUT2D eigenvalue weighted by Crippen LogP contribution is -1.99. The van der Waals surface area contributed by atoms with Crippen LogP contribution in [0.15, 0.2) is 39.5 Å². The molecular weight excluding hydrogens is 310 g/mol. The Morgan fingerprint density at radius 2 is 1.67 bits per heavy atom. The maximum Gasteiger partial charge on any atom is 0.346 e. The Bertz CT molecular complexity index is 1140. The summed E-state index contributed by atoms with van der Waals surface area (Å²) < 4.78 is 21.4. The molecule has 0 saturated carbocycles. The number of aromatic nitrogens is 1. The van der Waals surface area contributed by atoms with E-state index in [2.05, 4.69) is 4.98 Å². The van der Waals surface area contributed by atoms with Gasteiger partial charge < -0.3 is 23.6 Å².